The zero-order valence-corrected chi connectivity index (χ0v) is 15.5. The average molecular weight is 352 g/mol. The fourth-order valence-electron chi connectivity index (χ4n) is 3.91. The molecule has 0 unspecified atom stereocenters. The number of nitrogens with zero attached hydrogens (tertiary/aromatic N) is 3. The number of H-pyrrole nitrogens is 1. The smallest absolute Gasteiger partial charge is 0.277 e. The first-order valence-corrected chi connectivity index (χ1v) is 9.21. The predicted molar refractivity (Wildman–Crippen MR) is 102 cm³/mol. The number of aromatic amines is 1. The van der Waals surface area contributed by atoms with Crippen molar-refractivity contribution in [3.8, 4) is 17.1 Å². The van der Waals surface area contributed by atoms with Gasteiger partial charge in [0.05, 0.1) is 24.4 Å². The molecule has 0 bridgehead atoms. The van der Waals surface area contributed by atoms with Gasteiger partial charge >= 0.3 is 0 Å². The Morgan fingerprint density at radius 2 is 1.92 bits per heavy atom. The van der Waals surface area contributed by atoms with E-state index in [0.29, 0.717) is 22.6 Å². The van der Waals surface area contributed by atoms with Crippen LogP contribution in [0.4, 0.5) is 0 Å². The fourth-order valence-corrected chi connectivity index (χ4v) is 3.91. The molecular formula is C20H24N4O2. The third kappa shape index (κ3) is 2.79. The SMILES string of the molecule is COc1ccccc1-c1nc2c(C)nn(C3CCC(C)CC3)c2c(=O)[nH]1. The third-order valence-electron chi connectivity index (χ3n) is 5.42. The quantitative estimate of drug-likeness (QED) is 0.777. The maximum absolute atomic E-state index is 12.9. The number of fused-ring (bicyclic) bond motifs is 1. The first-order valence-electron chi connectivity index (χ1n) is 9.21. The number of aryl methyl sites for hydroxylation is 1. The Morgan fingerprint density at radius 1 is 1.19 bits per heavy atom. The van der Waals surface area contributed by atoms with E-state index in [2.05, 4.69) is 17.0 Å². The highest BCUT2D eigenvalue weighted by atomic mass is 16.5. The molecule has 0 amide bonds. The summed E-state index contributed by atoms with van der Waals surface area (Å²) in [4.78, 5) is 20.6. The van der Waals surface area contributed by atoms with E-state index < -0.39 is 0 Å². The van der Waals surface area contributed by atoms with Crippen LogP contribution in [-0.4, -0.2) is 26.9 Å². The van der Waals surface area contributed by atoms with Crippen molar-refractivity contribution in [1.82, 2.24) is 19.7 Å². The number of aromatic nitrogens is 4. The third-order valence-corrected chi connectivity index (χ3v) is 5.42. The molecule has 0 aliphatic heterocycles. The number of hydrogen-bond acceptors (Lipinski definition) is 4. The highest BCUT2D eigenvalue weighted by Crippen LogP contribution is 2.34. The summed E-state index contributed by atoms with van der Waals surface area (Å²) in [5.41, 5.74) is 2.68. The lowest BCUT2D eigenvalue weighted by Gasteiger charge is -2.26. The maximum Gasteiger partial charge on any atom is 0.277 e. The highest BCUT2D eigenvalue weighted by molar-refractivity contribution is 5.79. The Bertz CT molecular complexity index is 997. The van der Waals surface area contributed by atoms with Crippen LogP contribution in [0, 0.1) is 12.8 Å². The summed E-state index contributed by atoms with van der Waals surface area (Å²) in [6.45, 7) is 4.21. The number of hydrogen-bond donors (Lipinski definition) is 1. The molecule has 1 N–H and O–H groups in total. The van der Waals surface area contributed by atoms with Gasteiger partial charge in [0.2, 0.25) is 0 Å². The standard InChI is InChI=1S/C20H24N4O2/c1-12-8-10-14(11-9-12)24-18-17(13(2)23-24)21-19(22-20(18)25)15-6-4-5-7-16(15)26-3/h4-7,12,14H,8-11H2,1-3H3,(H,21,22,25). The predicted octanol–water partition coefficient (Wildman–Crippen LogP) is 3.85. The van der Waals surface area contributed by atoms with E-state index in [9.17, 15) is 4.79 Å². The molecule has 4 rings (SSSR count). The normalized spacial score (nSPS) is 20.4. The van der Waals surface area contributed by atoms with Gasteiger partial charge in [-0.15, -0.1) is 0 Å². The molecular weight excluding hydrogens is 328 g/mol. The van der Waals surface area contributed by atoms with Gasteiger partial charge in [-0.05, 0) is 50.7 Å². The Labute approximate surface area is 152 Å². The molecule has 0 radical (unpaired) electrons. The minimum Gasteiger partial charge on any atom is -0.496 e. The van der Waals surface area contributed by atoms with E-state index >= 15 is 0 Å². The lowest BCUT2D eigenvalue weighted by molar-refractivity contribution is 0.278. The number of nitrogens with one attached hydrogen (secondary N) is 1. The second kappa shape index (κ2) is 6.59. The van der Waals surface area contributed by atoms with Gasteiger partial charge in [0.25, 0.3) is 5.56 Å². The van der Waals surface area contributed by atoms with Gasteiger partial charge in [-0.3, -0.25) is 9.48 Å². The van der Waals surface area contributed by atoms with Gasteiger partial charge in [0.1, 0.15) is 17.1 Å². The topological polar surface area (TPSA) is 72.8 Å². The summed E-state index contributed by atoms with van der Waals surface area (Å²) >= 11 is 0. The van der Waals surface area contributed by atoms with Crippen molar-refractivity contribution >= 4 is 11.0 Å². The van der Waals surface area contributed by atoms with Crippen LogP contribution in [0.2, 0.25) is 0 Å². The molecule has 26 heavy (non-hydrogen) atoms. The Balaban J connectivity index is 1.84. The van der Waals surface area contributed by atoms with Gasteiger partial charge in [-0.1, -0.05) is 19.1 Å². The molecule has 0 spiro atoms. The van der Waals surface area contributed by atoms with E-state index in [1.165, 1.54) is 12.8 Å². The van der Waals surface area contributed by atoms with Crippen molar-refractivity contribution in [3.63, 3.8) is 0 Å². The lowest BCUT2D eigenvalue weighted by Crippen LogP contribution is -2.21. The van der Waals surface area contributed by atoms with E-state index in [1.54, 1.807) is 7.11 Å². The van der Waals surface area contributed by atoms with Gasteiger partial charge in [0, 0.05) is 0 Å². The molecule has 1 aliphatic carbocycles. The molecule has 1 aliphatic rings. The van der Waals surface area contributed by atoms with Crippen LogP contribution in [0.25, 0.3) is 22.4 Å². The molecule has 1 aromatic carbocycles. The summed E-state index contributed by atoms with van der Waals surface area (Å²) in [6.07, 6.45) is 4.47. The maximum atomic E-state index is 12.9. The molecule has 3 aromatic rings. The summed E-state index contributed by atoms with van der Waals surface area (Å²) in [6, 6.07) is 7.83. The van der Waals surface area contributed by atoms with E-state index in [0.717, 1.165) is 30.0 Å². The largest absolute Gasteiger partial charge is 0.496 e. The van der Waals surface area contributed by atoms with Crippen molar-refractivity contribution in [2.45, 2.75) is 45.6 Å². The Kier molecular flexibility index (Phi) is 4.26. The molecule has 1 saturated carbocycles. The van der Waals surface area contributed by atoms with Crippen molar-refractivity contribution in [2.75, 3.05) is 7.11 Å². The minimum atomic E-state index is -0.143. The number of para-hydroxylation sites is 1. The number of methoxy groups -OCH3 is 1. The van der Waals surface area contributed by atoms with Gasteiger partial charge in [0.15, 0.2) is 5.52 Å². The van der Waals surface area contributed by atoms with E-state index in [1.807, 2.05) is 35.9 Å². The molecule has 136 valence electrons. The average Bonchev–Trinajstić information content (AvgIpc) is 2.99. The molecule has 0 atom stereocenters. The van der Waals surface area contributed by atoms with E-state index in [4.69, 9.17) is 9.72 Å². The molecule has 6 heteroatoms. The van der Waals surface area contributed by atoms with Crippen molar-refractivity contribution in [3.05, 3.63) is 40.3 Å². The number of ether oxygens (including phenoxy) is 1. The van der Waals surface area contributed by atoms with Crippen LogP contribution < -0.4 is 10.3 Å². The molecule has 2 heterocycles. The zero-order chi connectivity index (χ0) is 18.3. The monoisotopic (exact) mass is 352 g/mol. The van der Waals surface area contributed by atoms with Crippen LogP contribution in [-0.2, 0) is 0 Å². The first-order chi connectivity index (χ1) is 12.6. The highest BCUT2D eigenvalue weighted by Gasteiger charge is 2.25. The zero-order valence-electron chi connectivity index (χ0n) is 15.5. The molecule has 6 nitrogen and oxygen atoms in total. The summed E-state index contributed by atoms with van der Waals surface area (Å²) < 4.78 is 7.32. The summed E-state index contributed by atoms with van der Waals surface area (Å²) in [5, 5.41) is 4.68. The van der Waals surface area contributed by atoms with E-state index in [-0.39, 0.29) is 11.6 Å². The fraction of sp³-hybridized carbons (Fsp3) is 0.450. The van der Waals surface area contributed by atoms with Crippen LogP contribution in [0.15, 0.2) is 29.1 Å². The molecule has 0 saturated heterocycles. The van der Waals surface area contributed by atoms with Crippen LogP contribution >= 0.6 is 0 Å². The molecule has 1 fully saturated rings. The lowest BCUT2D eigenvalue weighted by atomic mass is 9.87. The van der Waals surface area contributed by atoms with Gasteiger partial charge in [-0.25, -0.2) is 4.98 Å². The minimum absolute atomic E-state index is 0.143. The number of rotatable bonds is 3. The van der Waals surface area contributed by atoms with Crippen molar-refractivity contribution in [1.29, 1.82) is 0 Å². The van der Waals surface area contributed by atoms with Gasteiger partial charge < -0.3 is 9.72 Å². The molecule has 2 aromatic heterocycles. The second-order valence-electron chi connectivity index (χ2n) is 7.26. The summed E-state index contributed by atoms with van der Waals surface area (Å²) in [7, 11) is 1.61. The Hall–Kier alpha value is -2.63. The summed E-state index contributed by atoms with van der Waals surface area (Å²) in [5.74, 6) is 1.95. The van der Waals surface area contributed by atoms with Crippen LogP contribution in [0.3, 0.4) is 0 Å². The van der Waals surface area contributed by atoms with Crippen LogP contribution in [0.1, 0.15) is 44.3 Å². The Morgan fingerprint density at radius 3 is 2.65 bits per heavy atom. The van der Waals surface area contributed by atoms with Crippen LogP contribution in [0.5, 0.6) is 5.75 Å². The first kappa shape index (κ1) is 16.8. The van der Waals surface area contributed by atoms with Crippen molar-refractivity contribution in [2.24, 2.45) is 5.92 Å². The van der Waals surface area contributed by atoms with Crippen molar-refractivity contribution < 1.29 is 4.74 Å². The second-order valence-corrected chi connectivity index (χ2v) is 7.26. The number of benzene rings is 1. The van der Waals surface area contributed by atoms with Gasteiger partial charge in [-0.2, -0.15) is 5.10 Å².